The average molecular weight is 164 g/mol. The van der Waals surface area contributed by atoms with Crippen molar-refractivity contribution in [2.24, 2.45) is 0 Å². The molecule has 1 aromatic rings. The molecule has 0 aliphatic heterocycles. The van der Waals surface area contributed by atoms with E-state index in [4.69, 9.17) is 0 Å². The predicted molar refractivity (Wildman–Crippen MR) is 47.6 cm³/mol. The highest BCUT2D eigenvalue weighted by Gasteiger charge is 2.42. The molecule has 2 rings (SSSR count). The molecule has 0 heterocycles. The van der Waals surface area contributed by atoms with Gasteiger partial charge in [-0.25, -0.2) is 4.39 Å². The fraction of sp³-hybridized carbons (Fsp3) is 0.455. The number of rotatable bonds is 2. The Morgan fingerprint density at radius 1 is 1.42 bits per heavy atom. The van der Waals surface area contributed by atoms with Gasteiger partial charge in [0, 0.05) is 0 Å². The molecule has 1 saturated carbocycles. The van der Waals surface area contributed by atoms with Gasteiger partial charge < -0.3 is 0 Å². The normalized spacial score (nSPS) is 19.2. The van der Waals surface area contributed by atoms with Gasteiger partial charge in [0.25, 0.3) is 0 Å². The Balaban J connectivity index is 2.34. The maximum Gasteiger partial charge on any atom is 0.123 e. The van der Waals surface area contributed by atoms with Crippen LogP contribution in [-0.4, -0.2) is 0 Å². The third-order valence-electron chi connectivity index (χ3n) is 2.97. The lowest BCUT2D eigenvalue weighted by molar-refractivity contribution is 0.609. The molecule has 64 valence electrons. The first-order valence-electron chi connectivity index (χ1n) is 4.53. The van der Waals surface area contributed by atoms with Gasteiger partial charge >= 0.3 is 0 Å². The zero-order valence-corrected chi connectivity index (χ0v) is 7.31. The van der Waals surface area contributed by atoms with Crippen LogP contribution in [-0.2, 0) is 5.41 Å². The van der Waals surface area contributed by atoms with E-state index in [0.29, 0.717) is 5.41 Å². The molecule has 0 atom stereocenters. The van der Waals surface area contributed by atoms with Crippen LogP contribution in [0.4, 0.5) is 4.39 Å². The van der Waals surface area contributed by atoms with Crippen molar-refractivity contribution in [2.45, 2.75) is 31.6 Å². The molecule has 1 aromatic carbocycles. The second-order valence-corrected chi connectivity index (χ2v) is 3.64. The van der Waals surface area contributed by atoms with Crippen LogP contribution in [0.1, 0.15) is 31.7 Å². The SMILES string of the molecule is CCC1(c2cccc(F)c2)CC1. The summed E-state index contributed by atoms with van der Waals surface area (Å²) in [6.45, 7) is 2.18. The summed E-state index contributed by atoms with van der Waals surface area (Å²) in [5.41, 5.74) is 1.52. The first-order valence-corrected chi connectivity index (χ1v) is 4.53. The smallest absolute Gasteiger partial charge is 0.123 e. The molecule has 1 aliphatic rings. The fourth-order valence-corrected chi connectivity index (χ4v) is 1.82. The standard InChI is InChI=1S/C11H13F/c1-2-11(6-7-11)9-4-3-5-10(12)8-9/h3-5,8H,2,6-7H2,1H3. The molecule has 1 aliphatic carbocycles. The molecule has 0 bridgehead atoms. The van der Waals surface area contributed by atoms with Gasteiger partial charge in [-0.2, -0.15) is 0 Å². The lowest BCUT2D eigenvalue weighted by atomic mass is 9.93. The third-order valence-corrected chi connectivity index (χ3v) is 2.97. The van der Waals surface area contributed by atoms with Crippen molar-refractivity contribution in [1.82, 2.24) is 0 Å². The first kappa shape index (κ1) is 7.78. The van der Waals surface area contributed by atoms with Gasteiger partial charge in [0.15, 0.2) is 0 Å². The molecule has 0 amide bonds. The Morgan fingerprint density at radius 3 is 2.67 bits per heavy atom. The molecule has 0 N–H and O–H groups in total. The summed E-state index contributed by atoms with van der Waals surface area (Å²) in [4.78, 5) is 0. The van der Waals surface area contributed by atoms with Crippen LogP contribution in [0.15, 0.2) is 24.3 Å². The molecule has 0 aromatic heterocycles. The number of benzene rings is 1. The predicted octanol–water partition coefficient (Wildman–Crippen LogP) is 3.27. The van der Waals surface area contributed by atoms with Crippen LogP contribution in [0.3, 0.4) is 0 Å². The molecule has 0 saturated heterocycles. The molecule has 1 fully saturated rings. The highest BCUT2D eigenvalue weighted by molar-refractivity contribution is 5.31. The lowest BCUT2D eigenvalue weighted by Gasteiger charge is -2.11. The third kappa shape index (κ3) is 1.13. The van der Waals surface area contributed by atoms with Crippen molar-refractivity contribution in [3.8, 4) is 0 Å². The molecule has 1 heteroatoms. The zero-order chi connectivity index (χ0) is 8.60. The van der Waals surface area contributed by atoms with Gasteiger partial charge in [-0.1, -0.05) is 19.1 Å². The highest BCUT2D eigenvalue weighted by atomic mass is 19.1. The van der Waals surface area contributed by atoms with E-state index >= 15 is 0 Å². The van der Waals surface area contributed by atoms with Crippen molar-refractivity contribution in [2.75, 3.05) is 0 Å². The molecule has 0 radical (unpaired) electrons. The molecule has 0 unspecified atom stereocenters. The van der Waals surface area contributed by atoms with Crippen molar-refractivity contribution in [3.05, 3.63) is 35.6 Å². The van der Waals surface area contributed by atoms with E-state index in [1.165, 1.54) is 24.5 Å². The van der Waals surface area contributed by atoms with Crippen LogP contribution in [0, 0.1) is 5.82 Å². The van der Waals surface area contributed by atoms with Crippen LogP contribution in [0.2, 0.25) is 0 Å². The Bertz CT molecular complexity index is 287. The molecule has 0 spiro atoms. The van der Waals surface area contributed by atoms with Crippen LogP contribution < -0.4 is 0 Å². The van der Waals surface area contributed by atoms with E-state index in [1.807, 2.05) is 6.07 Å². The summed E-state index contributed by atoms with van der Waals surface area (Å²) in [5.74, 6) is -0.104. The summed E-state index contributed by atoms with van der Waals surface area (Å²) in [6, 6.07) is 7.03. The van der Waals surface area contributed by atoms with E-state index in [2.05, 4.69) is 6.92 Å². The van der Waals surface area contributed by atoms with E-state index in [9.17, 15) is 4.39 Å². The number of hydrogen-bond donors (Lipinski definition) is 0. The van der Waals surface area contributed by atoms with Crippen LogP contribution in [0.5, 0.6) is 0 Å². The van der Waals surface area contributed by atoms with Gasteiger partial charge in [0.05, 0.1) is 0 Å². The van der Waals surface area contributed by atoms with Crippen molar-refractivity contribution in [1.29, 1.82) is 0 Å². The van der Waals surface area contributed by atoms with Gasteiger partial charge in [-0.3, -0.25) is 0 Å². The molecular weight excluding hydrogens is 151 g/mol. The second kappa shape index (κ2) is 2.58. The van der Waals surface area contributed by atoms with Gasteiger partial charge in [0.1, 0.15) is 5.82 Å². The Hall–Kier alpha value is -0.850. The van der Waals surface area contributed by atoms with E-state index in [1.54, 1.807) is 12.1 Å². The van der Waals surface area contributed by atoms with Crippen molar-refractivity contribution >= 4 is 0 Å². The van der Waals surface area contributed by atoms with Gasteiger partial charge in [-0.05, 0) is 42.4 Å². The van der Waals surface area contributed by atoms with Crippen molar-refractivity contribution in [3.63, 3.8) is 0 Å². The zero-order valence-electron chi connectivity index (χ0n) is 7.31. The summed E-state index contributed by atoms with van der Waals surface area (Å²) < 4.78 is 12.9. The Labute approximate surface area is 72.4 Å². The first-order chi connectivity index (χ1) is 5.77. The lowest BCUT2D eigenvalue weighted by Crippen LogP contribution is -2.03. The number of hydrogen-bond acceptors (Lipinski definition) is 0. The summed E-state index contributed by atoms with van der Waals surface area (Å²) in [5, 5.41) is 0. The van der Waals surface area contributed by atoms with Gasteiger partial charge in [-0.15, -0.1) is 0 Å². The minimum Gasteiger partial charge on any atom is -0.207 e. The maximum absolute atomic E-state index is 12.9. The van der Waals surface area contributed by atoms with E-state index in [0.717, 1.165) is 6.42 Å². The summed E-state index contributed by atoms with van der Waals surface area (Å²) in [6.07, 6.45) is 3.59. The topological polar surface area (TPSA) is 0 Å². The summed E-state index contributed by atoms with van der Waals surface area (Å²) in [7, 11) is 0. The number of halogens is 1. The molecular formula is C11H13F. The Morgan fingerprint density at radius 2 is 2.17 bits per heavy atom. The maximum atomic E-state index is 12.9. The Kier molecular flexibility index (Phi) is 1.67. The second-order valence-electron chi connectivity index (χ2n) is 3.64. The van der Waals surface area contributed by atoms with E-state index < -0.39 is 0 Å². The van der Waals surface area contributed by atoms with Crippen LogP contribution in [0.25, 0.3) is 0 Å². The minimum absolute atomic E-state index is 0.104. The quantitative estimate of drug-likeness (QED) is 0.629. The van der Waals surface area contributed by atoms with Crippen LogP contribution >= 0.6 is 0 Å². The van der Waals surface area contributed by atoms with Crippen molar-refractivity contribution < 1.29 is 4.39 Å². The monoisotopic (exact) mass is 164 g/mol. The minimum atomic E-state index is -0.104. The molecule has 0 nitrogen and oxygen atoms in total. The average Bonchev–Trinajstić information content (AvgIpc) is 2.84. The summed E-state index contributed by atoms with van der Waals surface area (Å²) >= 11 is 0. The largest absolute Gasteiger partial charge is 0.207 e. The highest BCUT2D eigenvalue weighted by Crippen LogP contribution is 2.50. The molecule has 12 heavy (non-hydrogen) atoms. The van der Waals surface area contributed by atoms with E-state index in [-0.39, 0.29) is 5.82 Å². The fourth-order valence-electron chi connectivity index (χ4n) is 1.82. The van der Waals surface area contributed by atoms with Gasteiger partial charge in [0.2, 0.25) is 0 Å².